The summed E-state index contributed by atoms with van der Waals surface area (Å²) in [6, 6.07) is 16.1. The highest BCUT2D eigenvalue weighted by molar-refractivity contribution is 6.16. The topological polar surface area (TPSA) is 65.8 Å². The zero-order valence-corrected chi connectivity index (χ0v) is 17.7. The molecule has 1 amide bonds. The Morgan fingerprint density at radius 3 is 2.71 bits per heavy atom. The van der Waals surface area contributed by atoms with Gasteiger partial charge >= 0.3 is 0 Å². The lowest BCUT2D eigenvalue weighted by atomic mass is 10.1. The maximum atomic E-state index is 13.8. The molecule has 1 aliphatic heterocycles. The maximum Gasteiger partial charge on any atom is 0.256 e. The summed E-state index contributed by atoms with van der Waals surface area (Å²) in [5.41, 5.74) is 3.44. The highest BCUT2D eigenvalue weighted by Gasteiger charge is 2.27. The van der Waals surface area contributed by atoms with Gasteiger partial charge in [0.1, 0.15) is 12.1 Å². The van der Waals surface area contributed by atoms with Crippen LogP contribution in [0.5, 0.6) is 0 Å². The van der Waals surface area contributed by atoms with E-state index in [-0.39, 0.29) is 5.91 Å². The number of pyridine rings is 1. The zero-order chi connectivity index (χ0) is 21.2. The van der Waals surface area contributed by atoms with Gasteiger partial charge < -0.3 is 19.5 Å². The average molecular weight is 415 g/mol. The number of fused-ring (bicyclic) bond motifs is 3. The van der Waals surface area contributed by atoms with Crippen molar-refractivity contribution in [1.82, 2.24) is 24.2 Å². The predicted molar refractivity (Wildman–Crippen MR) is 122 cm³/mol. The molecule has 0 unspecified atom stereocenters. The number of benzene rings is 1. The predicted octanol–water partition coefficient (Wildman–Crippen LogP) is 3.27. The summed E-state index contributed by atoms with van der Waals surface area (Å²) in [5.74, 6) is 0.736. The molecule has 7 heteroatoms. The molecule has 1 aliphatic rings. The first kappa shape index (κ1) is 19.5. The number of hydrogen-bond acceptors (Lipinski definition) is 5. The summed E-state index contributed by atoms with van der Waals surface area (Å²) in [7, 11) is 2.11. The molecule has 7 nitrogen and oxygen atoms in total. The van der Waals surface area contributed by atoms with E-state index in [0.29, 0.717) is 17.9 Å². The van der Waals surface area contributed by atoms with Crippen LogP contribution in [-0.4, -0.2) is 63.3 Å². The summed E-state index contributed by atoms with van der Waals surface area (Å²) < 4.78 is 1.99. The van der Waals surface area contributed by atoms with Gasteiger partial charge in [-0.1, -0.05) is 36.4 Å². The van der Waals surface area contributed by atoms with E-state index in [0.717, 1.165) is 54.7 Å². The quantitative estimate of drug-likeness (QED) is 0.555. The molecule has 1 saturated heterocycles. The van der Waals surface area contributed by atoms with E-state index in [4.69, 9.17) is 0 Å². The fourth-order valence-electron chi connectivity index (χ4n) is 4.29. The number of nitrogens with zero attached hydrogens (tertiary/aromatic N) is 5. The Hall–Kier alpha value is -3.45. The van der Waals surface area contributed by atoms with Crippen molar-refractivity contribution in [3.63, 3.8) is 0 Å². The van der Waals surface area contributed by atoms with Crippen LogP contribution in [0.25, 0.3) is 16.6 Å². The molecule has 1 aromatic carbocycles. The van der Waals surface area contributed by atoms with E-state index < -0.39 is 0 Å². The largest absolute Gasteiger partial charge is 0.365 e. The van der Waals surface area contributed by atoms with Crippen molar-refractivity contribution in [3.05, 3.63) is 72.2 Å². The molecule has 0 aliphatic carbocycles. The van der Waals surface area contributed by atoms with Crippen molar-refractivity contribution in [2.45, 2.75) is 13.0 Å². The average Bonchev–Trinajstić information content (AvgIpc) is 2.99. The Morgan fingerprint density at radius 2 is 1.84 bits per heavy atom. The number of anilines is 1. The number of hydrogen-bond donors (Lipinski definition) is 1. The summed E-state index contributed by atoms with van der Waals surface area (Å²) in [6.07, 6.45) is 4.49. The zero-order valence-electron chi connectivity index (χ0n) is 17.7. The van der Waals surface area contributed by atoms with Gasteiger partial charge in [0.25, 0.3) is 5.91 Å². The number of aromatic nitrogens is 3. The molecule has 0 saturated carbocycles. The van der Waals surface area contributed by atoms with Crippen LogP contribution >= 0.6 is 0 Å². The van der Waals surface area contributed by atoms with Gasteiger partial charge in [0, 0.05) is 32.4 Å². The molecule has 0 atom stereocenters. The molecule has 1 N–H and O–H groups in total. The van der Waals surface area contributed by atoms with Crippen LogP contribution in [0.3, 0.4) is 0 Å². The molecule has 3 aromatic heterocycles. The minimum atomic E-state index is 0.0477. The number of carbonyl (C=O) groups is 1. The van der Waals surface area contributed by atoms with E-state index in [1.165, 1.54) is 0 Å². The first-order valence-corrected chi connectivity index (χ1v) is 10.7. The fraction of sp³-hybridized carbons (Fsp3) is 0.292. The summed E-state index contributed by atoms with van der Waals surface area (Å²) >= 11 is 0. The number of rotatable bonds is 4. The maximum absolute atomic E-state index is 13.8. The third kappa shape index (κ3) is 3.72. The number of carbonyl (C=O) groups excluding carboxylic acids is 1. The third-order valence-corrected chi connectivity index (χ3v) is 5.94. The van der Waals surface area contributed by atoms with Crippen LogP contribution in [0.15, 0.2) is 61.1 Å². The second kappa shape index (κ2) is 8.35. The highest BCUT2D eigenvalue weighted by atomic mass is 16.2. The van der Waals surface area contributed by atoms with E-state index in [9.17, 15) is 4.79 Å². The van der Waals surface area contributed by atoms with Crippen LogP contribution in [0, 0.1) is 0 Å². The molecule has 1 fully saturated rings. The SMILES string of the molecule is CN1CCCN(C(=O)c2c3c(NCc4ccccc4)ncnc3n3ccccc23)CC1. The van der Waals surface area contributed by atoms with Gasteiger partial charge in [0.15, 0.2) is 5.65 Å². The van der Waals surface area contributed by atoms with Crippen LogP contribution in [0.1, 0.15) is 22.3 Å². The van der Waals surface area contributed by atoms with Crippen molar-refractivity contribution in [2.24, 2.45) is 0 Å². The Bertz CT molecular complexity index is 1220. The molecule has 0 spiro atoms. The smallest absolute Gasteiger partial charge is 0.256 e. The van der Waals surface area contributed by atoms with E-state index in [1.807, 2.05) is 51.9 Å². The molecule has 31 heavy (non-hydrogen) atoms. The molecule has 4 aromatic rings. The molecular formula is C24H26N6O. The van der Waals surface area contributed by atoms with Gasteiger partial charge in [-0.3, -0.25) is 4.79 Å². The van der Waals surface area contributed by atoms with Crippen LogP contribution in [-0.2, 0) is 6.54 Å². The van der Waals surface area contributed by atoms with Gasteiger partial charge in [0.2, 0.25) is 0 Å². The van der Waals surface area contributed by atoms with Crippen LogP contribution in [0.2, 0.25) is 0 Å². The first-order valence-electron chi connectivity index (χ1n) is 10.7. The second-order valence-corrected chi connectivity index (χ2v) is 8.04. The molecular weight excluding hydrogens is 388 g/mol. The van der Waals surface area contributed by atoms with Crippen molar-refractivity contribution in [3.8, 4) is 0 Å². The van der Waals surface area contributed by atoms with Crippen molar-refractivity contribution in [2.75, 3.05) is 38.5 Å². The molecule has 0 radical (unpaired) electrons. The van der Waals surface area contributed by atoms with Gasteiger partial charge in [-0.2, -0.15) is 0 Å². The highest BCUT2D eigenvalue weighted by Crippen LogP contribution is 2.31. The fourth-order valence-corrected chi connectivity index (χ4v) is 4.29. The summed E-state index contributed by atoms with van der Waals surface area (Å²) in [5, 5.41) is 4.22. The lowest BCUT2D eigenvalue weighted by Crippen LogP contribution is -2.34. The molecule has 0 bridgehead atoms. The van der Waals surface area contributed by atoms with Gasteiger partial charge in [-0.15, -0.1) is 0 Å². The Labute approximate surface area is 181 Å². The minimum Gasteiger partial charge on any atom is -0.365 e. The monoisotopic (exact) mass is 414 g/mol. The number of likely N-dealkylation sites (N-methyl/N-ethyl adjacent to an activating group) is 1. The van der Waals surface area contributed by atoms with Crippen molar-refractivity contribution >= 4 is 28.3 Å². The summed E-state index contributed by atoms with van der Waals surface area (Å²) in [6.45, 7) is 4.00. The summed E-state index contributed by atoms with van der Waals surface area (Å²) in [4.78, 5) is 27.1. The number of amides is 1. The van der Waals surface area contributed by atoms with Crippen molar-refractivity contribution < 1.29 is 4.79 Å². The second-order valence-electron chi connectivity index (χ2n) is 8.04. The van der Waals surface area contributed by atoms with Crippen LogP contribution in [0.4, 0.5) is 5.82 Å². The van der Waals surface area contributed by atoms with Crippen molar-refractivity contribution in [1.29, 1.82) is 0 Å². The Kier molecular flexibility index (Phi) is 5.26. The van der Waals surface area contributed by atoms with E-state index >= 15 is 0 Å². The minimum absolute atomic E-state index is 0.0477. The third-order valence-electron chi connectivity index (χ3n) is 5.94. The lowest BCUT2D eigenvalue weighted by molar-refractivity contribution is 0.0766. The number of nitrogens with one attached hydrogen (secondary N) is 1. The first-order chi connectivity index (χ1) is 15.2. The van der Waals surface area contributed by atoms with E-state index in [1.54, 1.807) is 6.33 Å². The van der Waals surface area contributed by atoms with E-state index in [2.05, 4.69) is 39.4 Å². The Morgan fingerprint density at radius 1 is 1.00 bits per heavy atom. The van der Waals surface area contributed by atoms with Crippen LogP contribution < -0.4 is 5.32 Å². The van der Waals surface area contributed by atoms with Gasteiger partial charge in [0.05, 0.1) is 16.5 Å². The standard InChI is InChI=1S/C24H26N6O/c1-28-11-7-12-29(15-14-28)24(31)20-19-10-5-6-13-30(19)23-21(20)22(26-17-27-23)25-16-18-8-3-2-4-9-18/h2-6,8-10,13,17H,7,11-12,14-16H2,1H3,(H,25,26,27). The Balaban J connectivity index is 1.60. The molecule has 158 valence electrons. The van der Waals surface area contributed by atoms with Gasteiger partial charge in [-0.05, 0) is 37.7 Å². The van der Waals surface area contributed by atoms with Gasteiger partial charge in [-0.25, -0.2) is 9.97 Å². The lowest BCUT2D eigenvalue weighted by Gasteiger charge is -2.21. The molecule has 4 heterocycles. The molecule has 5 rings (SSSR count). The normalized spacial score (nSPS) is 15.3.